The SMILES string of the molecule is O=C(O)c1ccc(NCc2ccccc2)c(NC(=O)[C@@H]2CC=CC[C@@H]2C(=O)O)c1. The van der Waals surface area contributed by atoms with Gasteiger partial charge >= 0.3 is 11.9 Å². The first-order chi connectivity index (χ1) is 14.0. The minimum Gasteiger partial charge on any atom is -0.481 e. The average molecular weight is 394 g/mol. The maximum Gasteiger partial charge on any atom is 0.335 e. The Morgan fingerprint density at radius 3 is 2.24 bits per heavy atom. The topological polar surface area (TPSA) is 116 Å². The van der Waals surface area contributed by atoms with Crippen LogP contribution >= 0.6 is 0 Å². The smallest absolute Gasteiger partial charge is 0.335 e. The second-order valence-corrected chi connectivity index (χ2v) is 6.89. The lowest BCUT2D eigenvalue weighted by atomic mass is 9.82. The van der Waals surface area contributed by atoms with E-state index in [1.807, 2.05) is 30.3 Å². The van der Waals surface area contributed by atoms with Crippen LogP contribution in [0.15, 0.2) is 60.7 Å². The van der Waals surface area contributed by atoms with Crippen LogP contribution in [0.4, 0.5) is 11.4 Å². The molecule has 0 heterocycles. The van der Waals surface area contributed by atoms with Crippen LogP contribution in [0.1, 0.15) is 28.8 Å². The highest BCUT2D eigenvalue weighted by Gasteiger charge is 2.34. The van der Waals surface area contributed by atoms with Gasteiger partial charge in [0.1, 0.15) is 0 Å². The van der Waals surface area contributed by atoms with Crippen LogP contribution < -0.4 is 10.6 Å². The molecule has 2 atom stereocenters. The Labute approximate surface area is 168 Å². The molecule has 0 saturated carbocycles. The zero-order chi connectivity index (χ0) is 20.8. The van der Waals surface area contributed by atoms with Crippen LogP contribution in [0.3, 0.4) is 0 Å². The number of amides is 1. The summed E-state index contributed by atoms with van der Waals surface area (Å²) in [5.74, 6) is -4.08. The summed E-state index contributed by atoms with van der Waals surface area (Å²) in [6, 6.07) is 14.1. The van der Waals surface area contributed by atoms with E-state index in [-0.39, 0.29) is 5.56 Å². The summed E-state index contributed by atoms with van der Waals surface area (Å²) in [5, 5.41) is 24.6. The molecule has 0 fully saturated rings. The van der Waals surface area contributed by atoms with Crippen molar-refractivity contribution in [1.29, 1.82) is 0 Å². The van der Waals surface area contributed by atoms with Gasteiger partial charge in [0.15, 0.2) is 0 Å². The van der Waals surface area contributed by atoms with Crippen molar-refractivity contribution in [3.63, 3.8) is 0 Å². The molecule has 1 aliphatic rings. The van der Waals surface area contributed by atoms with Gasteiger partial charge in [-0.3, -0.25) is 9.59 Å². The number of rotatable bonds is 7. The minimum absolute atomic E-state index is 0.0314. The van der Waals surface area contributed by atoms with Gasteiger partial charge in [0.05, 0.1) is 28.8 Å². The Kier molecular flexibility index (Phi) is 6.29. The van der Waals surface area contributed by atoms with Crippen LogP contribution in [0.5, 0.6) is 0 Å². The first kappa shape index (κ1) is 20.1. The molecule has 29 heavy (non-hydrogen) atoms. The molecule has 0 bridgehead atoms. The number of aromatic carboxylic acids is 1. The van der Waals surface area contributed by atoms with Gasteiger partial charge in [-0.15, -0.1) is 0 Å². The second-order valence-electron chi connectivity index (χ2n) is 6.89. The van der Waals surface area contributed by atoms with Crippen molar-refractivity contribution in [3.8, 4) is 0 Å². The molecule has 150 valence electrons. The maximum atomic E-state index is 12.8. The standard InChI is InChI=1S/C22H22N2O5/c25-20(16-8-4-5-9-17(16)22(28)29)24-19-12-15(21(26)27)10-11-18(19)23-13-14-6-2-1-3-7-14/h1-7,10-12,16-17,23H,8-9,13H2,(H,24,25)(H,26,27)(H,28,29)/t16-,17+/m1/s1. The molecule has 3 rings (SSSR count). The molecule has 0 spiro atoms. The number of hydrogen-bond acceptors (Lipinski definition) is 4. The van der Waals surface area contributed by atoms with Gasteiger partial charge in [-0.1, -0.05) is 42.5 Å². The molecule has 0 aliphatic heterocycles. The van der Waals surface area contributed by atoms with Crippen molar-refractivity contribution in [3.05, 3.63) is 71.8 Å². The molecule has 0 radical (unpaired) electrons. The number of carboxylic acids is 2. The highest BCUT2D eigenvalue weighted by Crippen LogP contribution is 2.30. The number of carbonyl (C=O) groups is 3. The van der Waals surface area contributed by atoms with Gasteiger partial charge in [-0.05, 0) is 36.6 Å². The van der Waals surface area contributed by atoms with E-state index in [0.717, 1.165) is 5.56 Å². The lowest BCUT2D eigenvalue weighted by molar-refractivity contribution is -0.146. The summed E-state index contributed by atoms with van der Waals surface area (Å²) < 4.78 is 0. The zero-order valence-corrected chi connectivity index (χ0v) is 15.7. The summed E-state index contributed by atoms with van der Waals surface area (Å²) in [6.07, 6.45) is 4.18. The van der Waals surface area contributed by atoms with Crippen LogP contribution in [0.25, 0.3) is 0 Å². The van der Waals surface area contributed by atoms with Gasteiger partial charge < -0.3 is 20.8 Å². The van der Waals surface area contributed by atoms with Crippen molar-refractivity contribution in [1.82, 2.24) is 0 Å². The number of carboxylic acid groups (broad SMARTS) is 2. The third-order valence-electron chi connectivity index (χ3n) is 4.94. The van der Waals surface area contributed by atoms with E-state index in [1.165, 1.54) is 12.1 Å². The monoisotopic (exact) mass is 394 g/mol. The zero-order valence-electron chi connectivity index (χ0n) is 15.7. The van der Waals surface area contributed by atoms with Gasteiger partial charge in [0.25, 0.3) is 0 Å². The molecule has 2 aromatic carbocycles. The predicted molar refractivity (Wildman–Crippen MR) is 109 cm³/mol. The molecule has 1 amide bonds. The minimum atomic E-state index is -1.11. The maximum absolute atomic E-state index is 12.8. The predicted octanol–water partition coefficient (Wildman–Crippen LogP) is 3.60. The molecule has 0 aromatic heterocycles. The van der Waals surface area contributed by atoms with Gasteiger partial charge in [0, 0.05) is 6.54 Å². The van der Waals surface area contributed by atoms with Crippen LogP contribution in [-0.2, 0) is 16.1 Å². The molecular formula is C22H22N2O5. The summed E-state index contributed by atoms with van der Waals surface area (Å²) in [7, 11) is 0. The highest BCUT2D eigenvalue weighted by molar-refractivity contribution is 6.00. The summed E-state index contributed by atoms with van der Waals surface area (Å²) in [4.78, 5) is 35.6. The van der Waals surface area contributed by atoms with E-state index in [1.54, 1.807) is 18.2 Å². The van der Waals surface area contributed by atoms with Gasteiger partial charge in [0.2, 0.25) is 5.91 Å². The van der Waals surface area contributed by atoms with E-state index in [4.69, 9.17) is 0 Å². The van der Waals surface area contributed by atoms with Crippen molar-refractivity contribution < 1.29 is 24.6 Å². The third-order valence-corrected chi connectivity index (χ3v) is 4.94. The lowest BCUT2D eigenvalue weighted by Crippen LogP contribution is -2.34. The molecule has 0 unspecified atom stereocenters. The molecule has 7 heteroatoms. The van der Waals surface area contributed by atoms with E-state index in [0.29, 0.717) is 30.8 Å². The van der Waals surface area contributed by atoms with E-state index < -0.39 is 29.7 Å². The van der Waals surface area contributed by atoms with Gasteiger partial charge in [-0.25, -0.2) is 4.79 Å². The van der Waals surface area contributed by atoms with Crippen LogP contribution in [-0.4, -0.2) is 28.1 Å². The van der Waals surface area contributed by atoms with Crippen molar-refractivity contribution >= 4 is 29.2 Å². The Morgan fingerprint density at radius 2 is 1.59 bits per heavy atom. The number of benzene rings is 2. The number of aliphatic carboxylic acids is 1. The fourth-order valence-corrected chi connectivity index (χ4v) is 3.33. The first-order valence-corrected chi connectivity index (χ1v) is 9.29. The van der Waals surface area contributed by atoms with Gasteiger partial charge in [-0.2, -0.15) is 0 Å². The highest BCUT2D eigenvalue weighted by atomic mass is 16.4. The van der Waals surface area contributed by atoms with Crippen molar-refractivity contribution in [2.45, 2.75) is 19.4 Å². The van der Waals surface area contributed by atoms with Crippen LogP contribution in [0.2, 0.25) is 0 Å². The largest absolute Gasteiger partial charge is 0.481 e. The fourth-order valence-electron chi connectivity index (χ4n) is 3.33. The Hall–Kier alpha value is -3.61. The fraction of sp³-hybridized carbons (Fsp3) is 0.227. The quantitative estimate of drug-likeness (QED) is 0.533. The molecule has 1 aliphatic carbocycles. The normalized spacial score (nSPS) is 18.1. The first-order valence-electron chi connectivity index (χ1n) is 9.29. The second kappa shape index (κ2) is 9.05. The summed E-state index contributed by atoms with van der Waals surface area (Å²) in [5.41, 5.74) is 1.93. The summed E-state index contributed by atoms with van der Waals surface area (Å²) in [6.45, 7) is 0.486. The average Bonchev–Trinajstić information content (AvgIpc) is 2.73. The number of anilines is 2. The number of nitrogens with one attached hydrogen (secondary N) is 2. The summed E-state index contributed by atoms with van der Waals surface area (Å²) >= 11 is 0. The Bertz CT molecular complexity index is 939. The molecule has 7 nitrogen and oxygen atoms in total. The molecule has 2 aromatic rings. The number of allylic oxidation sites excluding steroid dienone is 2. The van der Waals surface area contributed by atoms with Crippen molar-refractivity contribution in [2.24, 2.45) is 11.8 Å². The van der Waals surface area contributed by atoms with Crippen molar-refractivity contribution in [2.75, 3.05) is 10.6 Å². The lowest BCUT2D eigenvalue weighted by Gasteiger charge is -2.25. The molecule has 4 N–H and O–H groups in total. The van der Waals surface area contributed by atoms with Crippen LogP contribution in [0, 0.1) is 11.8 Å². The Morgan fingerprint density at radius 1 is 0.897 bits per heavy atom. The Balaban J connectivity index is 1.82. The van der Waals surface area contributed by atoms with E-state index in [2.05, 4.69) is 10.6 Å². The molecular weight excluding hydrogens is 372 g/mol. The molecule has 0 saturated heterocycles. The third kappa shape index (κ3) is 5.01. The number of carbonyl (C=O) groups excluding carboxylic acids is 1. The van der Waals surface area contributed by atoms with E-state index in [9.17, 15) is 24.6 Å². The van der Waals surface area contributed by atoms with E-state index >= 15 is 0 Å². The number of hydrogen-bond donors (Lipinski definition) is 4.